The highest BCUT2D eigenvalue weighted by Crippen LogP contribution is 2.41. The standard InChI is InChI=1S/C41H50F2N8O4/c1-39(2,3)36(40(4,5)6)22-51-38(52)50(28-46-51)32-10-8-30(9-11-32)47-17-19-48(20-18-47)31-12-14-33(15-13-31)53-23-37-54-25-41(55-37,24-49-27-44-26-45-49)34-16-7-29(42)21-35(34)43/h7-16,21,26-28,36-37H,17-20,22-25H2,1-6H3/t37-,41?/m0/s1. The highest BCUT2D eigenvalue weighted by atomic mass is 19.1. The molecule has 1 unspecified atom stereocenters. The predicted molar refractivity (Wildman–Crippen MR) is 205 cm³/mol. The molecule has 2 atom stereocenters. The SMILES string of the molecule is CC(C)(C)C(Cn1ncn(-c2ccc(N3CCN(c4ccc(OC[C@H]5OCC(Cn6cncn6)(c6ccc(F)cc6F)O5)cc4)CC3)cc2)c1=O)C(C)(C)C. The first kappa shape index (κ1) is 38.2. The number of benzene rings is 3. The first-order chi connectivity index (χ1) is 26.2. The molecule has 2 saturated heterocycles. The number of rotatable bonds is 11. The van der Waals surface area contributed by atoms with Crippen molar-refractivity contribution in [3.8, 4) is 11.4 Å². The van der Waals surface area contributed by atoms with Gasteiger partial charge in [0, 0.05) is 49.2 Å². The Morgan fingerprint density at radius 2 is 1.45 bits per heavy atom. The van der Waals surface area contributed by atoms with E-state index in [4.69, 9.17) is 14.2 Å². The summed E-state index contributed by atoms with van der Waals surface area (Å²) in [6.45, 7) is 17.5. The molecule has 7 rings (SSSR count). The van der Waals surface area contributed by atoms with Crippen molar-refractivity contribution >= 4 is 11.4 Å². The minimum Gasteiger partial charge on any atom is -0.488 e. The molecule has 2 aliphatic rings. The Morgan fingerprint density at radius 1 is 0.836 bits per heavy atom. The quantitative estimate of drug-likeness (QED) is 0.154. The van der Waals surface area contributed by atoms with Crippen LogP contribution in [0.5, 0.6) is 5.75 Å². The average Bonchev–Trinajstić information content (AvgIpc) is 3.90. The van der Waals surface area contributed by atoms with E-state index in [-0.39, 0.29) is 47.8 Å². The molecule has 0 bridgehead atoms. The van der Waals surface area contributed by atoms with Crippen LogP contribution in [0.4, 0.5) is 20.2 Å². The Hall–Kier alpha value is -5.08. The van der Waals surface area contributed by atoms with Crippen LogP contribution in [0.2, 0.25) is 0 Å². The van der Waals surface area contributed by atoms with Crippen LogP contribution in [0, 0.1) is 28.4 Å². The predicted octanol–water partition coefficient (Wildman–Crippen LogP) is 6.29. The van der Waals surface area contributed by atoms with Crippen molar-refractivity contribution in [3.63, 3.8) is 0 Å². The Bertz CT molecular complexity index is 2080. The maximum Gasteiger partial charge on any atom is 0.350 e. The van der Waals surface area contributed by atoms with Crippen LogP contribution < -0.4 is 20.2 Å². The molecule has 292 valence electrons. The van der Waals surface area contributed by atoms with E-state index in [9.17, 15) is 13.6 Å². The number of hydrogen-bond donors (Lipinski definition) is 0. The van der Waals surface area contributed by atoms with E-state index in [0.29, 0.717) is 12.3 Å². The molecule has 2 aromatic heterocycles. The molecule has 0 saturated carbocycles. The summed E-state index contributed by atoms with van der Waals surface area (Å²) in [4.78, 5) is 22.0. The maximum atomic E-state index is 14.9. The van der Waals surface area contributed by atoms with Gasteiger partial charge in [0.05, 0.1) is 25.4 Å². The van der Waals surface area contributed by atoms with Gasteiger partial charge in [0.25, 0.3) is 0 Å². The molecule has 0 amide bonds. The van der Waals surface area contributed by atoms with Crippen molar-refractivity contribution in [1.82, 2.24) is 29.1 Å². The number of piperazine rings is 1. The molecule has 14 heteroatoms. The number of halogens is 2. The Kier molecular flexibility index (Phi) is 10.6. The van der Waals surface area contributed by atoms with Gasteiger partial charge in [-0.25, -0.2) is 32.5 Å². The lowest BCUT2D eigenvalue weighted by molar-refractivity contribution is -0.117. The van der Waals surface area contributed by atoms with Crippen molar-refractivity contribution in [2.45, 2.75) is 66.5 Å². The van der Waals surface area contributed by atoms with Crippen LogP contribution in [-0.4, -0.2) is 74.8 Å². The fraction of sp³-hybridized carbons (Fsp3) is 0.463. The largest absolute Gasteiger partial charge is 0.488 e. The minimum absolute atomic E-state index is 0.0280. The van der Waals surface area contributed by atoms with E-state index in [0.717, 1.165) is 49.3 Å². The summed E-state index contributed by atoms with van der Waals surface area (Å²) in [5, 5.41) is 8.62. The molecule has 4 heterocycles. The molecule has 3 aromatic carbocycles. The number of aromatic nitrogens is 6. The second-order valence-corrected chi connectivity index (χ2v) is 16.6. The zero-order chi connectivity index (χ0) is 39.0. The summed E-state index contributed by atoms with van der Waals surface area (Å²) in [6, 6.07) is 19.4. The van der Waals surface area contributed by atoms with Crippen LogP contribution in [0.1, 0.15) is 47.1 Å². The van der Waals surface area contributed by atoms with Crippen LogP contribution in [0.3, 0.4) is 0 Å². The molecule has 0 radical (unpaired) electrons. The average molecular weight is 757 g/mol. The third-order valence-electron chi connectivity index (χ3n) is 10.7. The van der Waals surface area contributed by atoms with Crippen LogP contribution >= 0.6 is 0 Å². The van der Waals surface area contributed by atoms with Crippen molar-refractivity contribution in [2.75, 3.05) is 49.2 Å². The number of anilines is 2. The topological polar surface area (TPSA) is 105 Å². The Morgan fingerprint density at radius 3 is 2.04 bits per heavy atom. The van der Waals surface area contributed by atoms with E-state index in [1.807, 2.05) is 36.4 Å². The normalized spacial score (nSPS) is 19.4. The van der Waals surface area contributed by atoms with Gasteiger partial charge in [0.15, 0.2) is 6.29 Å². The van der Waals surface area contributed by atoms with Crippen molar-refractivity contribution < 1.29 is 23.0 Å². The Balaban J connectivity index is 0.917. The summed E-state index contributed by atoms with van der Waals surface area (Å²) in [6.07, 6.45) is 3.73. The smallest absolute Gasteiger partial charge is 0.350 e. The van der Waals surface area contributed by atoms with Gasteiger partial charge in [0.2, 0.25) is 0 Å². The van der Waals surface area contributed by atoms with E-state index >= 15 is 0 Å². The molecular weight excluding hydrogens is 706 g/mol. The van der Waals surface area contributed by atoms with Gasteiger partial charge in [0.1, 0.15) is 48.6 Å². The number of hydrogen-bond acceptors (Lipinski definition) is 9. The van der Waals surface area contributed by atoms with Gasteiger partial charge in [-0.2, -0.15) is 10.2 Å². The van der Waals surface area contributed by atoms with Crippen LogP contribution in [-0.2, 0) is 28.2 Å². The van der Waals surface area contributed by atoms with Crippen LogP contribution in [0.15, 0.2) is 90.5 Å². The Labute approximate surface area is 320 Å². The number of ether oxygens (including phenoxy) is 3. The van der Waals surface area contributed by atoms with Crippen molar-refractivity contribution in [1.29, 1.82) is 0 Å². The summed E-state index contributed by atoms with van der Waals surface area (Å²) in [5.74, 6) is -0.486. The molecule has 5 aromatic rings. The fourth-order valence-electron chi connectivity index (χ4n) is 8.00. The molecule has 55 heavy (non-hydrogen) atoms. The molecule has 0 N–H and O–H groups in total. The minimum atomic E-state index is -1.24. The lowest BCUT2D eigenvalue weighted by atomic mass is 9.66. The summed E-state index contributed by atoms with van der Waals surface area (Å²) in [5.41, 5.74) is 1.86. The van der Waals surface area contributed by atoms with E-state index in [1.54, 1.807) is 15.6 Å². The highest BCUT2D eigenvalue weighted by molar-refractivity contribution is 5.54. The second kappa shape index (κ2) is 15.2. The highest BCUT2D eigenvalue weighted by Gasteiger charge is 2.46. The first-order valence-corrected chi connectivity index (χ1v) is 18.7. The van der Waals surface area contributed by atoms with Crippen molar-refractivity contribution in [2.24, 2.45) is 16.7 Å². The molecule has 2 fully saturated rings. The molecular formula is C41H50F2N8O4. The van der Waals surface area contributed by atoms with E-state index < -0.39 is 23.5 Å². The van der Waals surface area contributed by atoms with Gasteiger partial charge in [-0.15, -0.1) is 0 Å². The van der Waals surface area contributed by atoms with Gasteiger partial charge in [-0.1, -0.05) is 47.6 Å². The number of nitrogens with zero attached hydrogens (tertiary/aromatic N) is 8. The van der Waals surface area contributed by atoms with E-state index in [1.165, 1.54) is 29.5 Å². The molecule has 2 aliphatic heterocycles. The lowest BCUT2D eigenvalue weighted by Gasteiger charge is -2.40. The summed E-state index contributed by atoms with van der Waals surface area (Å²) >= 11 is 0. The summed E-state index contributed by atoms with van der Waals surface area (Å²) < 4.78 is 51.6. The van der Waals surface area contributed by atoms with E-state index in [2.05, 4.69) is 78.7 Å². The maximum absolute atomic E-state index is 14.9. The summed E-state index contributed by atoms with van der Waals surface area (Å²) in [7, 11) is 0. The monoisotopic (exact) mass is 756 g/mol. The molecule has 0 aliphatic carbocycles. The zero-order valence-corrected chi connectivity index (χ0v) is 32.4. The third kappa shape index (κ3) is 8.45. The van der Waals surface area contributed by atoms with Gasteiger partial charge >= 0.3 is 5.69 Å². The lowest BCUT2D eigenvalue weighted by Crippen LogP contribution is -2.46. The third-order valence-corrected chi connectivity index (χ3v) is 10.7. The van der Waals surface area contributed by atoms with Crippen molar-refractivity contribution in [3.05, 3.63) is 113 Å². The van der Waals surface area contributed by atoms with Gasteiger partial charge in [-0.3, -0.25) is 0 Å². The van der Waals surface area contributed by atoms with Gasteiger partial charge in [-0.05, 0) is 71.3 Å². The van der Waals surface area contributed by atoms with Crippen LogP contribution in [0.25, 0.3) is 5.69 Å². The zero-order valence-electron chi connectivity index (χ0n) is 32.4. The fourth-order valence-corrected chi connectivity index (χ4v) is 8.00. The molecule has 12 nitrogen and oxygen atoms in total. The molecule has 0 spiro atoms. The second-order valence-electron chi connectivity index (χ2n) is 16.6. The first-order valence-electron chi connectivity index (χ1n) is 18.7. The van der Waals surface area contributed by atoms with Gasteiger partial charge < -0.3 is 24.0 Å².